The molecular formula is C21H25NO2. The van der Waals surface area contributed by atoms with Crippen molar-refractivity contribution in [1.29, 1.82) is 0 Å². The summed E-state index contributed by atoms with van der Waals surface area (Å²) < 4.78 is 0. The monoisotopic (exact) mass is 323 g/mol. The number of aliphatic hydroxyl groups excluding tert-OH is 1. The van der Waals surface area contributed by atoms with Crippen molar-refractivity contribution in [2.45, 2.75) is 19.3 Å². The van der Waals surface area contributed by atoms with Crippen LogP contribution in [0.25, 0.3) is 0 Å². The third-order valence-electron chi connectivity index (χ3n) is 4.94. The maximum Gasteiger partial charge on any atom is 0.238 e. The Morgan fingerprint density at radius 3 is 1.96 bits per heavy atom. The van der Waals surface area contributed by atoms with Crippen molar-refractivity contribution in [1.82, 2.24) is 4.90 Å². The molecule has 1 aliphatic heterocycles. The molecule has 1 atom stereocenters. The standard InChI is InChI=1S/C21H25NO2/c1-16(2)13-22-14-19(15-23)21(20(22)24,17-9-5-3-6-10-17)18-11-7-4-8-12-18/h3-12,16,19,23H,13-15H2,1-2H3. The van der Waals surface area contributed by atoms with Crippen molar-refractivity contribution in [3.8, 4) is 0 Å². The summed E-state index contributed by atoms with van der Waals surface area (Å²) in [6.45, 7) is 5.54. The van der Waals surface area contributed by atoms with Crippen molar-refractivity contribution in [3.05, 3.63) is 71.8 Å². The largest absolute Gasteiger partial charge is 0.396 e. The van der Waals surface area contributed by atoms with Gasteiger partial charge in [-0.1, -0.05) is 74.5 Å². The zero-order valence-corrected chi connectivity index (χ0v) is 14.4. The lowest BCUT2D eigenvalue weighted by Crippen LogP contribution is -2.43. The first-order valence-corrected chi connectivity index (χ1v) is 8.62. The third kappa shape index (κ3) is 2.63. The molecule has 2 aromatic carbocycles. The molecular weight excluding hydrogens is 298 g/mol. The zero-order chi connectivity index (χ0) is 17.2. The maximum absolute atomic E-state index is 13.5. The van der Waals surface area contributed by atoms with Crippen LogP contribution < -0.4 is 0 Å². The van der Waals surface area contributed by atoms with Gasteiger partial charge in [0.2, 0.25) is 5.91 Å². The summed E-state index contributed by atoms with van der Waals surface area (Å²) in [5, 5.41) is 10.1. The van der Waals surface area contributed by atoms with Crippen molar-refractivity contribution in [2.24, 2.45) is 11.8 Å². The molecule has 2 aromatic rings. The number of rotatable bonds is 5. The molecule has 126 valence electrons. The Morgan fingerprint density at radius 2 is 1.54 bits per heavy atom. The molecule has 1 N–H and O–H groups in total. The van der Waals surface area contributed by atoms with Crippen LogP contribution >= 0.6 is 0 Å². The molecule has 1 aliphatic rings. The second-order valence-electron chi connectivity index (χ2n) is 7.02. The highest BCUT2D eigenvalue weighted by Gasteiger charge is 2.55. The first-order valence-electron chi connectivity index (χ1n) is 8.62. The second kappa shape index (κ2) is 6.78. The average Bonchev–Trinajstić information content (AvgIpc) is 2.89. The van der Waals surface area contributed by atoms with Gasteiger partial charge in [-0.25, -0.2) is 0 Å². The summed E-state index contributed by atoms with van der Waals surface area (Å²) in [5.74, 6) is 0.358. The number of nitrogens with zero attached hydrogens (tertiary/aromatic N) is 1. The Labute approximate surface area is 143 Å². The number of aliphatic hydroxyl groups is 1. The quantitative estimate of drug-likeness (QED) is 0.918. The van der Waals surface area contributed by atoms with Crippen LogP contribution in [0.4, 0.5) is 0 Å². The van der Waals surface area contributed by atoms with E-state index in [1.165, 1.54) is 0 Å². The topological polar surface area (TPSA) is 40.5 Å². The Balaban J connectivity index is 2.19. The summed E-state index contributed by atoms with van der Waals surface area (Å²) >= 11 is 0. The molecule has 1 heterocycles. The predicted octanol–water partition coefficient (Wildman–Crippen LogP) is 3.08. The molecule has 1 fully saturated rings. The van der Waals surface area contributed by atoms with Crippen molar-refractivity contribution >= 4 is 5.91 Å². The van der Waals surface area contributed by atoms with Gasteiger partial charge in [0.25, 0.3) is 0 Å². The van der Waals surface area contributed by atoms with Crippen LogP contribution in [0.15, 0.2) is 60.7 Å². The number of carbonyl (C=O) groups is 1. The summed E-state index contributed by atoms with van der Waals surface area (Å²) in [6.07, 6.45) is 0. The first-order chi connectivity index (χ1) is 11.6. The first kappa shape index (κ1) is 16.7. The van der Waals surface area contributed by atoms with E-state index >= 15 is 0 Å². The third-order valence-corrected chi connectivity index (χ3v) is 4.94. The molecule has 1 saturated heterocycles. The fourth-order valence-electron chi connectivity index (χ4n) is 3.99. The van der Waals surface area contributed by atoms with E-state index in [-0.39, 0.29) is 18.4 Å². The van der Waals surface area contributed by atoms with Gasteiger partial charge >= 0.3 is 0 Å². The molecule has 3 rings (SSSR count). The van der Waals surface area contributed by atoms with E-state index in [4.69, 9.17) is 0 Å². The van der Waals surface area contributed by atoms with E-state index < -0.39 is 5.41 Å². The predicted molar refractivity (Wildman–Crippen MR) is 95.7 cm³/mol. The van der Waals surface area contributed by atoms with Gasteiger partial charge in [0.05, 0.1) is 0 Å². The van der Waals surface area contributed by atoms with Gasteiger partial charge in [0, 0.05) is 25.6 Å². The highest BCUT2D eigenvalue weighted by Crippen LogP contribution is 2.45. The van der Waals surface area contributed by atoms with Crippen LogP contribution in [0.2, 0.25) is 0 Å². The van der Waals surface area contributed by atoms with Gasteiger partial charge in [-0.2, -0.15) is 0 Å². The number of hydrogen-bond donors (Lipinski definition) is 1. The summed E-state index contributed by atoms with van der Waals surface area (Å²) in [4.78, 5) is 15.5. The SMILES string of the molecule is CC(C)CN1CC(CO)C(c2ccccc2)(c2ccccc2)C1=O. The van der Waals surface area contributed by atoms with Gasteiger partial charge < -0.3 is 10.0 Å². The van der Waals surface area contributed by atoms with E-state index in [9.17, 15) is 9.90 Å². The Morgan fingerprint density at radius 1 is 1.04 bits per heavy atom. The van der Waals surface area contributed by atoms with Crippen LogP contribution in [0.5, 0.6) is 0 Å². The molecule has 24 heavy (non-hydrogen) atoms. The molecule has 0 radical (unpaired) electrons. The number of amides is 1. The highest BCUT2D eigenvalue weighted by molar-refractivity contribution is 5.94. The van der Waals surface area contributed by atoms with Gasteiger partial charge in [0.15, 0.2) is 0 Å². The van der Waals surface area contributed by atoms with Crippen molar-refractivity contribution < 1.29 is 9.90 Å². The van der Waals surface area contributed by atoms with Crippen LogP contribution in [0, 0.1) is 11.8 Å². The van der Waals surface area contributed by atoms with E-state index in [2.05, 4.69) is 13.8 Å². The van der Waals surface area contributed by atoms with Crippen LogP contribution in [-0.4, -0.2) is 35.6 Å². The van der Waals surface area contributed by atoms with Crippen LogP contribution in [0.3, 0.4) is 0 Å². The van der Waals surface area contributed by atoms with Gasteiger partial charge in [0.1, 0.15) is 5.41 Å². The molecule has 3 nitrogen and oxygen atoms in total. The number of benzene rings is 2. The fourth-order valence-corrected chi connectivity index (χ4v) is 3.99. The molecule has 3 heteroatoms. The number of carbonyl (C=O) groups excluding carboxylic acids is 1. The average molecular weight is 323 g/mol. The summed E-state index contributed by atoms with van der Waals surface area (Å²) in [6, 6.07) is 19.8. The Kier molecular flexibility index (Phi) is 4.72. The number of likely N-dealkylation sites (tertiary alicyclic amines) is 1. The Hall–Kier alpha value is -2.13. The highest BCUT2D eigenvalue weighted by atomic mass is 16.3. The molecule has 0 spiro atoms. The maximum atomic E-state index is 13.5. The van der Waals surface area contributed by atoms with Gasteiger partial charge in [-0.15, -0.1) is 0 Å². The number of hydrogen-bond acceptors (Lipinski definition) is 2. The molecule has 0 bridgehead atoms. The second-order valence-corrected chi connectivity index (χ2v) is 7.02. The van der Waals surface area contributed by atoms with E-state index in [0.29, 0.717) is 12.5 Å². The van der Waals surface area contributed by atoms with Crippen LogP contribution in [-0.2, 0) is 10.2 Å². The smallest absolute Gasteiger partial charge is 0.238 e. The van der Waals surface area contributed by atoms with Crippen molar-refractivity contribution in [3.63, 3.8) is 0 Å². The molecule has 0 saturated carbocycles. The zero-order valence-electron chi connectivity index (χ0n) is 14.4. The summed E-state index contributed by atoms with van der Waals surface area (Å²) in [5.41, 5.74) is 1.13. The molecule has 1 unspecified atom stereocenters. The van der Waals surface area contributed by atoms with E-state index in [0.717, 1.165) is 17.7 Å². The molecule has 1 amide bonds. The molecule has 0 aromatic heterocycles. The lowest BCUT2D eigenvalue weighted by Gasteiger charge is -2.33. The lowest BCUT2D eigenvalue weighted by atomic mass is 9.67. The minimum Gasteiger partial charge on any atom is -0.396 e. The minimum absolute atomic E-state index is 0.00980. The van der Waals surface area contributed by atoms with Crippen molar-refractivity contribution in [2.75, 3.05) is 19.7 Å². The van der Waals surface area contributed by atoms with E-state index in [1.54, 1.807) is 0 Å². The lowest BCUT2D eigenvalue weighted by molar-refractivity contribution is -0.132. The van der Waals surface area contributed by atoms with Crippen LogP contribution in [0.1, 0.15) is 25.0 Å². The minimum atomic E-state index is -0.799. The summed E-state index contributed by atoms with van der Waals surface area (Å²) in [7, 11) is 0. The molecule has 0 aliphatic carbocycles. The Bertz CT molecular complexity index is 642. The fraction of sp³-hybridized carbons (Fsp3) is 0.381. The van der Waals surface area contributed by atoms with E-state index in [1.807, 2.05) is 65.6 Å². The normalized spacial score (nSPS) is 19.9. The van der Waals surface area contributed by atoms with Gasteiger partial charge in [-0.3, -0.25) is 4.79 Å². The van der Waals surface area contributed by atoms with Gasteiger partial charge in [-0.05, 0) is 17.0 Å².